The van der Waals surface area contributed by atoms with Crippen LogP contribution in [0.1, 0.15) is 27.7 Å². The molecule has 0 aromatic heterocycles. The van der Waals surface area contributed by atoms with Gasteiger partial charge in [-0.2, -0.15) is 0 Å². The summed E-state index contributed by atoms with van der Waals surface area (Å²) in [6, 6.07) is 9.00. The first-order valence-electron chi connectivity index (χ1n) is 6.45. The summed E-state index contributed by atoms with van der Waals surface area (Å²) in [6.45, 7) is 10.5. The van der Waals surface area contributed by atoms with Crippen molar-refractivity contribution in [3.63, 3.8) is 0 Å². The Bertz CT molecular complexity index is 500. The van der Waals surface area contributed by atoms with E-state index in [-0.39, 0.29) is 12.5 Å². The third-order valence-electron chi connectivity index (χ3n) is 2.39. The van der Waals surface area contributed by atoms with Crippen molar-refractivity contribution in [1.82, 2.24) is 0 Å². The molecule has 1 aromatic rings. The molecule has 1 aromatic carbocycles. The molecule has 0 saturated carbocycles. The summed E-state index contributed by atoms with van der Waals surface area (Å²) >= 11 is 0. The predicted octanol–water partition coefficient (Wildman–Crippen LogP) is 2.94. The van der Waals surface area contributed by atoms with Gasteiger partial charge in [-0.25, -0.2) is 0 Å². The molecule has 0 aliphatic heterocycles. The molecule has 0 fully saturated rings. The molecule has 0 aliphatic carbocycles. The van der Waals surface area contributed by atoms with Crippen LogP contribution < -0.4 is 4.90 Å². The van der Waals surface area contributed by atoms with E-state index in [1.165, 1.54) is 4.90 Å². The van der Waals surface area contributed by atoms with Gasteiger partial charge >= 0.3 is 5.97 Å². The molecule has 4 heteroatoms. The second kappa shape index (κ2) is 6.37. The third kappa shape index (κ3) is 4.88. The van der Waals surface area contributed by atoms with Crippen LogP contribution in [0.5, 0.6) is 0 Å². The fourth-order valence-corrected chi connectivity index (χ4v) is 1.62. The minimum absolute atomic E-state index is 0.132. The Labute approximate surface area is 120 Å². The van der Waals surface area contributed by atoms with E-state index in [2.05, 4.69) is 6.58 Å². The van der Waals surface area contributed by atoms with Crippen molar-refractivity contribution in [3.8, 4) is 0 Å². The normalized spacial score (nSPS) is 10.8. The average Bonchev–Trinajstić information content (AvgIpc) is 2.34. The van der Waals surface area contributed by atoms with Crippen LogP contribution in [0.3, 0.4) is 0 Å². The number of hydrogen-bond acceptors (Lipinski definition) is 3. The highest BCUT2D eigenvalue weighted by Crippen LogP contribution is 2.16. The monoisotopic (exact) mass is 275 g/mol. The molecule has 0 spiro atoms. The van der Waals surface area contributed by atoms with Crippen LogP contribution in [-0.4, -0.2) is 24.0 Å². The molecule has 0 N–H and O–H groups in total. The highest BCUT2D eigenvalue weighted by molar-refractivity contribution is 6.07. The van der Waals surface area contributed by atoms with E-state index in [4.69, 9.17) is 4.74 Å². The van der Waals surface area contributed by atoms with E-state index in [9.17, 15) is 9.59 Å². The number of carbonyl (C=O) groups is 2. The topological polar surface area (TPSA) is 46.6 Å². The molecule has 0 saturated heterocycles. The molecule has 0 bridgehead atoms. The van der Waals surface area contributed by atoms with Crippen molar-refractivity contribution in [2.24, 2.45) is 0 Å². The van der Waals surface area contributed by atoms with E-state index >= 15 is 0 Å². The number of nitrogens with zero attached hydrogens (tertiary/aromatic N) is 1. The Hall–Kier alpha value is -2.10. The number of esters is 1. The van der Waals surface area contributed by atoms with Gasteiger partial charge in [0.15, 0.2) is 0 Å². The highest BCUT2D eigenvalue weighted by Gasteiger charge is 2.23. The van der Waals surface area contributed by atoms with Crippen LogP contribution >= 0.6 is 0 Å². The summed E-state index contributed by atoms with van der Waals surface area (Å²) in [7, 11) is 0. The lowest BCUT2D eigenvalue weighted by Gasteiger charge is -2.25. The van der Waals surface area contributed by atoms with Crippen LogP contribution in [0.4, 0.5) is 5.69 Å². The Balaban J connectivity index is 2.93. The predicted molar refractivity (Wildman–Crippen MR) is 79.5 cm³/mol. The average molecular weight is 275 g/mol. The zero-order valence-corrected chi connectivity index (χ0v) is 12.5. The molecule has 1 rings (SSSR count). The Kier molecular flexibility index (Phi) is 5.08. The van der Waals surface area contributed by atoms with Gasteiger partial charge in [-0.05, 0) is 39.8 Å². The van der Waals surface area contributed by atoms with Gasteiger partial charge in [0, 0.05) is 11.3 Å². The molecule has 0 atom stereocenters. The van der Waals surface area contributed by atoms with Crippen LogP contribution in [-0.2, 0) is 14.3 Å². The molecule has 1 amide bonds. The summed E-state index contributed by atoms with van der Waals surface area (Å²) in [5, 5.41) is 0. The lowest BCUT2D eigenvalue weighted by atomic mass is 10.2. The lowest BCUT2D eigenvalue weighted by Crippen LogP contribution is -2.39. The van der Waals surface area contributed by atoms with Gasteiger partial charge in [-0.3, -0.25) is 14.5 Å². The molecule has 4 nitrogen and oxygen atoms in total. The minimum Gasteiger partial charge on any atom is -0.459 e. The second-order valence-electron chi connectivity index (χ2n) is 5.59. The Morgan fingerprint density at radius 3 is 2.20 bits per heavy atom. The van der Waals surface area contributed by atoms with Crippen molar-refractivity contribution >= 4 is 17.6 Å². The standard InChI is InChI=1S/C16H21NO3/c1-12(2)15(19)17(13-9-7-6-8-10-13)11-14(18)20-16(3,4)5/h6-10H,1,11H2,2-5H3. The van der Waals surface area contributed by atoms with Crippen LogP contribution in [0.2, 0.25) is 0 Å². The van der Waals surface area contributed by atoms with E-state index < -0.39 is 11.6 Å². The smallest absolute Gasteiger partial charge is 0.326 e. The van der Waals surface area contributed by atoms with Gasteiger partial charge in [-0.1, -0.05) is 24.8 Å². The number of ether oxygens (including phenoxy) is 1. The number of anilines is 1. The van der Waals surface area contributed by atoms with Gasteiger partial charge in [0.2, 0.25) is 0 Å². The zero-order chi connectivity index (χ0) is 15.3. The van der Waals surface area contributed by atoms with Gasteiger partial charge in [0.1, 0.15) is 12.1 Å². The number of carbonyl (C=O) groups excluding carboxylic acids is 2. The van der Waals surface area contributed by atoms with Crippen molar-refractivity contribution in [1.29, 1.82) is 0 Å². The summed E-state index contributed by atoms with van der Waals surface area (Å²) in [4.78, 5) is 25.5. The lowest BCUT2D eigenvalue weighted by molar-refractivity contribution is -0.153. The molecule has 108 valence electrons. The number of benzene rings is 1. The molecule has 0 unspecified atom stereocenters. The Morgan fingerprint density at radius 2 is 1.75 bits per heavy atom. The van der Waals surface area contributed by atoms with Gasteiger partial charge in [0.05, 0.1) is 0 Å². The molecule has 0 radical (unpaired) electrons. The first-order chi connectivity index (χ1) is 9.20. The summed E-state index contributed by atoms with van der Waals surface area (Å²) in [5.41, 5.74) is 0.440. The van der Waals surface area contributed by atoms with Crippen molar-refractivity contribution in [2.45, 2.75) is 33.3 Å². The number of para-hydroxylation sites is 1. The van der Waals surface area contributed by atoms with E-state index in [1.807, 2.05) is 18.2 Å². The van der Waals surface area contributed by atoms with E-state index in [0.717, 1.165) is 0 Å². The van der Waals surface area contributed by atoms with E-state index in [0.29, 0.717) is 11.3 Å². The maximum atomic E-state index is 12.2. The van der Waals surface area contributed by atoms with Crippen LogP contribution in [0, 0.1) is 0 Å². The van der Waals surface area contributed by atoms with Crippen molar-refractivity contribution in [3.05, 3.63) is 42.5 Å². The molecular weight excluding hydrogens is 254 g/mol. The van der Waals surface area contributed by atoms with Gasteiger partial charge < -0.3 is 4.74 Å². The molecule has 0 heterocycles. The maximum absolute atomic E-state index is 12.2. The highest BCUT2D eigenvalue weighted by atomic mass is 16.6. The Morgan fingerprint density at radius 1 is 1.20 bits per heavy atom. The SMILES string of the molecule is C=C(C)C(=O)N(CC(=O)OC(C)(C)C)c1ccccc1. The van der Waals surface area contributed by atoms with Crippen molar-refractivity contribution in [2.75, 3.05) is 11.4 Å². The minimum atomic E-state index is -0.578. The summed E-state index contributed by atoms with van der Waals surface area (Å²) in [6.07, 6.45) is 0. The summed E-state index contributed by atoms with van der Waals surface area (Å²) < 4.78 is 5.26. The van der Waals surface area contributed by atoms with Gasteiger partial charge in [-0.15, -0.1) is 0 Å². The van der Waals surface area contributed by atoms with E-state index in [1.54, 1.807) is 39.8 Å². The summed E-state index contributed by atoms with van der Waals surface area (Å²) in [5.74, 6) is -0.738. The first kappa shape index (κ1) is 16.0. The number of amides is 1. The maximum Gasteiger partial charge on any atom is 0.326 e. The third-order valence-corrected chi connectivity index (χ3v) is 2.39. The fourth-order valence-electron chi connectivity index (χ4n) is 1.62. The van der Waals surface area contributed by atoms with Gasteiger partial charge in [0.25, 0.3) is 5.91 Å². The van der Waals surface area contributed by atoms with Crippen LogP contribution in [0.15, 0.2) is 42.5 Å². The molecular formula is C16H21NO3. The fraction of sp³-hybridized carbons (Fsp3) is 0.375. The first-order valence-corrected chi connectivity index (χ1v) is 6.45. The number of rotatable bonds is 4. The van der Waals surface area contributed by atoms with Crippen LogP contribution in [0.25, 0.3) is 0 Å². The largest absolute Gasteiger partial charge is 0.459 e. The van der Waals surface area contributed by atoms with Crippen molar-refractivity contribution < 1.29 is 14.3 Å². The number of hydrogen-bond donors (Lipinski definition) is 0. The quantitative estimate of drug-likeness (QED) is 0.627. The second-order valence-corrected chi connectivity index (χ2v) is 5.59. The molecule has 0 aliphatic rings. The zero-order valence-electron chi connectivity index (χ0n) is 12.5. The molecule has 20 heavy (non-hydrogen) atoms.